The third kappa shape index (κ3) is 5.27. The average molecular weight is 146 g/mol. The molecule has 58 valence electrons. The lowest BCUT2D eigenvalue weighted by molar-refractivity contribution is -0.138. The van der Waals surface area contributed by atoms with Crippen molar-refractivity contribution in [3.05, 3.63) is 12.2 Å². The summed E-state index contributed by atoms with van der Waals surface area (Å²) in [5.74, 6) is -0.553. The van der Waals surface area contributed by atoms with Crippen molar-refractivity contribution in [3.63, 3.8) is 0 Å². The number of hydrogen-bond donors (Lipinski definition) is 2. The van der Waals surface area contributed by atoms with E-state index in [-0.39, 0.29) is 19.8 Å². The summed E-state index contributed by atoms with van der Waals surface area (Å²) in [6, 6.07) is 0. The summed E-state index contributed by atoms with van der Waals surface area (Å²) in [5.41, 5.74) is 0. The molecule has 0 unspecified atom stereocenters. The van der Waals surface area contributed by atoms with E-state index in [0.717, 1.165) is 6.08 Å². The Labute approximate surface area is 58.7 Å². The van der Waals surface area contributed by atoms with E-state index in [2.05, 4.69) is 4.74 Å². The van der Waals surface area contributed by atoms with Gasteiger partial charge in [0.1, 0.15) is 6.61 Å². The number of hydrogen-bond acceptors (Lipinski definition) is 4. The van der Waals surface area contributed by atoms with Crippen LogP contribution in [-0.2, 0) is 9.53 Å². The predicted molar refractivity (Wildman–Crippen MR) is 34.3 cm³/mol. The van der Waals surface area contributed by atoms with E-state index in [1.54, 1.807) is 0 Å². The highest BCUT2D eigenvalue weighted by atomic mass is 16.5. The Morgan fingerprint density at radius 1 is 1.50 bits per heavy atom. The molecule has 4 nitrogen and oxygen atoms in total. The molecule has 2 N–H and O–H groups in total. The van der Waals surface area contributed by atoms with Gasteiger partial charge in [0.05, 0.1) is 13.2 Å². The number of rotatable bonds is 4. The normalized spacial score (nSPS) is 10.2. The Morgan fingerprint density at radius 2 is 2.20 bits per heavy atom. The van der Waals surface area contributed by atoms with Crippen LogP contribution in [0.4, 0.5) is 0 Å². The Hall–Kier alpha value is -0.870. The maximum absolute atomic E-state index is 10.4. The van der Waals surface area contributed by atoms with Crippen LogP contribution in [0.15, 0.2) is 12.2 Å². The number of esters is 1. The molecule has 0 aromatic heterocycles. The first-order chi connectivity index (χ1) is 4.81. The topological polar surface area (TPSA) is 66.8 Å². The fourth-order valence-corrected chi connectivity index (χ4v) is 0.343. The van der Waals surface area contributed by atoms with Crippen molar-refractivity contribution >= 4 is 5.97 Å². The van der Waals surface area contributed by atoms with Crippen molar-refractivity contribution in [2.24, 2.45) is 0 Å². The smallest absolute Gasteiger partial charge is 0.330 e. The Kier molecular flexibility index (Phi) is 5.71. The molecule has 0 rings (SSSR count). The van der Waals surface area contributed by atoms with E-state index < -0.39 is 5.97 Å². The second-order valence-corrected chi connectivity index (χ2v) is 1.48. The highest BCUT2D eigenvalue weighted by molar-refractivity contribution is 5.81. The average Bonchev–Trinajstić information content (AvgIpc) is 1.97. The summed E-state index contributed by atoms with van der Waals surface area (Å²) in [4.78, 5) is 10.4. The van der Waals surface area contributed by atoms with Gasteiger partial charge < -0.3 is 14.9 Å². The second kappa shape index (κ2) is 6.25. The molecular formula is C6H10O4. The number of aliphatic hydroxyl groups excluding tert-OH is 2. The minimum Gasteiger partial charge on any atom is -0.460 e. The molecule has 0 aromatic carbocycles. The van der Waals surface area contributed by atoms with Gasteiger partial charge in [-0.2, -0.15) is 0 Å². The minimum absolute atomic E-state index is 0.00536. The zero-order chi connectivity index (χ0) is 7.82. The molecular weight excluding hydrogens is 136 g/mol. The molecule has 0 aliphatic carbocycles. The number of ether oxygens (including phenoxy) is 1. The summed E-state index contributed by atoms with van der Waals surface area (Å²) in [5, 5.41) is 16.4. The first-order valence-electron chi connectivity index (χ1n) is 2.86. The molecule has 0 fully saturated rings. The summed E-state index contributed by atoms with van der Waals surface area (Å²) in [6.45, 7) is -0.373. The first-order valence-corrected chi connectivity index (χ1v) is 2.86. The minimum atomic E-state index is -0.553. The fraction of sp³-hybridized carbons (Fsp3) is 0.500. The van der Waals surface area contributed by atoms with Gasteiger partial charge in [-0.15, -0.1) is 0 Å². The Balaban J connectivity index is 3.34. The SMILES string of the molecule is O=C(C=CCO)OCCO. The largest absolute Gasteiger partial charge is 0.460 e. The number of aliphatic hydroxyl groups is 2. The number of carbonyl (C=O) groups is 1. The maximum atomic E-state index is 10.4. The van der Waals surface area contributed by atoms with Crippen molar-refractivity contribution in [1.82, 2.24) is 0 Å². The van der Waals surface area contributed by atoms with Gasteiger partial charge in [0, 0.05) is 6.08 Å². The Bertz CT molecular complexity index is 119. The van der Waals surface area contributed by atoms with E-state index >= 15 is 0 Å². The summed E-state index contributed by atoms with van der Waals surface area (Å²) < 4.78 is 4.41. The van der Waals surface area contributed by atoms with Gasteiger partial charge in [0.2, 0.25) is 0 Å². The lowest BCUT2D eigenvalue weighted by Gasteiger charge is -1.95. The van der Waals surface area contributed by atoms with Crippen molar-refractivity contribution in [1.29, 1.82) is 0 Å². The zero-order valence-electron chi connectivity index (χ0n) is 5.49. The van der Waals surface area contributed by atoms with Crippen molar-refractivity contribution in [2.75, 3.05) is 19.8 Å². The standard InChI is InChI=1S/C6H10O4/c7-3-1-2-6(9)10-5-4-8/h1-2,7-8H,3-5H2. The summed E-state index contributed by atoms with van der Waals surface area (Å²) >= 11 is 0. The van der Waals surface area contributed by atoms with Gasteiger partial charge in [-0.1, -0.05) is 6.08 Å². The quantitative estimate of drug-likeness (QED) is 0.397. The predicted octanol–water partition coefficient (Wildman–Crippen LogP) is -0.930. The molecule has 0 atom stereocenters. The van der Waals surface area contributed by atoms with Gasteiger partial charge in [0.25, 0.3) is 0 Å². The van der Waals surface area contributed by atoms with Crippen LogP contribution < -0.4 is 0 Å². The second-order valence-electron chi connectivity index (χ2n) is 1.48. The van der Waals surface area contributed by atoms with E-state index in [1.165, 1.54) is 6.08 Å². The van der Waals surface area contributed by atoms with E-state index in [4.69, 9.17) is 10.2 Å². The lowest BCUT2D eigenvalue weighted by Crippen LogP contribution is -2.05. The summed E-state index contributed by atoms with van der Waals surface area (Å²) in [7, 11) is 0. The molecule has 0 saturated carbocycles. The van der Waals surface area contributed by atoms with Gasteiger partial charge in [-0.05, 0) is 0 Å². The molecule has 0 bridgehead atoms. The van der Waals surface area contributed by atoms with Crippen molar-refractivity contribution < 1.29 is 19.7 Å². The van der Waals surface area contributed by atoms with Crippen LogP contribution in [0.5, 0.6) is 0 Å². The monoisotopic (exact) mass is 146 g/mol. The molecule has 4 heteroatoms. The van der Waals surface area contributed by atoms with Crippen LogP contribution in [0.25, 0.3) is 0 Å². The number of carbonyl (C=O) groups excluding carboxylic acids is 1. The fourth-order valence-electron chi connectivity index (χ4n) is 0.343. The molecule has 10 heavy (non-hydrogen) atoms. The maximum Gasteiger partial charge on any atom is 0.330 e. The highest BCUT2D eigenvalue weighted by Gasteiger charge is 1.92. The van der Waals surface area contributed by atoms with Crippen LogP contribution in [-0.4, -0.2) is 36.0 Å². The van der Waals surface area contributed by atoms with Crippen LogP contribution in [0.3, 0.4) is 0 Å². The molecule has 0 heterocycles. The van der Waals surface area contributed by atoms with Gasteiger partial charge in [-0.25, -0.2) is 4.79 Å². The van der Waals surface area contributed by atoms with Crippen LogP contribution >= 0.6 is 0 Å². The van der Waals surface area contributed by atoms with Crippen LogP contribution in [0.2, 0.25) is 0 Å². The Morgan fingerprint density at radius 3 is 2.70 bits per heavy atom. The molecule has 0 radical (unpaired) electrons. The summed E-state index contributed by atoms with van der Waals surface area (Å²) in [6.07, 6.45) is 2.37. The van der Waals surface area contributed by atoms with Crippen LogP contribution in [0.1, 0.15) is 0 Å². The zero-order valence-corrected chi connectivity index (χ0v) is 5.49. The van der Waals surface area contributed by atoms with E-state index in [0.29, 0.717) is 0 Å². The van der Waals surface area contributed by atoms with Crippen molar-refractivity contribution in [3.8, 4) is 0 Å². The molecule has 0 aliphatic heterocycles. The van der Waals surface area contributed by atoms with E-state index in [9.17, 15) is 4.79 Å². The third-order valence-electron chi connectivity index (χ3n) is 0.695. The highest BCUT2D eigenvalue weighted by Crippen LogP contribution is 1.79. The van der Waals surface area contributed by atoms with Gasteiger partial charge in [0.15, 0.2) is 0 Å². The van der Waals surface area contributed by atoms with Crippen molar-refractivity contribution in [2.45, 2.75) is 0 Å². The molecule has 0 aromatic rings. The van der Waals surface area contributed by atoms with Gasteiger partial charge >= 0.3 is 5.97 Å². The van der Waals surface area contributed by atoms with E-state index in [1.807, 2.05) is 0 Å². The van der Waals surface area contributed by atoms with Crippen LogP contribution in [0, 0.1) is 0 Å². The lowest BCUT2D eigenvalue weighted by atomic mass is 10.5. The molecule has 0 saturated heterocycles. The third-order valence-corrected chi connectivity index (χ3v) is 0.695. The van der Waals surface area contributed by atoms with Gasteiger partial charge in [-0.3, -0.25) is 0 Å². The molecule has 0 amide bonds. The first kappa shape index (κ1) is 9.13. The molecule has 0 spiro atoms. The molecule has 0 aliphatic rings.